The van der Waals surface area contributed by atoms with Crippen molar-refractivity contribution in [3.8, 4) is 0 Å². The first-order chi connectivity index (χ1) is 9.75. The van der Waals surface area contributed by atoms with Crippen molar-refractivity contribution in [2.45, 2.75) is 13.3 Å². The molecule has 3 heterocycles. The molecule has 2 fully saturated rings. The third kappa shape index (κ3) is 2.26. The zero-order chi connectivity index (χ0) is 14.0. The van der Waals surface area contributed by atoms with Gasteiger partial charge in [0.25, 0.3) is 0 Å². The molecule has 0 bridgehead atoms. The second kappa shape index (κ2) is 5.40. The van der Waals surface area contributed by atoms with E-state index < -0.39 is 0 Å². The summed E-state index contributed by atoms with van der Waals surface area (Å²) in [5.74, 6) is 1.27. The number of hydrogen-bond donors (Lipinski definition) is 0. The lowest BCUT2D eigenvalue weighted by Crippen LogP contribution is -2.59. The summed E-state index contributed by atoms with van der Waals surface area (Å²) in [5, 5.41) is 0. The number of aromatic nitrogens is 1. The van der Waals surface area contributed by atoms with Crippen molar-refractivity contribution in [2.24, 2.45) is 5.41 Å². The molecule has 0 N–H and O–H groups in total. The molecule has 2 aliphatic rings. The molecule has 0 radical (unpaired) electrons. The number of anilines is 1. The Balaban J connectivity index is 1.60. The number of carbonyl (C=O) groups excluding carboxylic acids is 1. The van der Waals surface area contributed by atoms with E-state index in [-0.39, 0.29) is 11.3 Å². The minimum absolute atomic E-state index is 0.243. The molecule has 0 unspecified atom stereocenters. The van der Waals surface area contributed by atoms with E-state index in [1.54, 1.807) is 0 Å². The van der Waals surface area contributed by atoms with E-state index in [0.717, 1.165) is 38.4 Å². The van der Waals surface area contributed by atoms with Gasteiger partial charge in [-0.05, 0) is 18.6 Å². The quantitative estimate of drug-likeness (QED) is 0.830. The molecule has 5 heteroatoms. The fourth-order valence-corrected chi connectivity index (χ4v) is 2.84. The van der Waals surface area contributed by atoms with Crippen LogP contribution in [0.15, 0.2) is 24.4 Å². The molecule has 5 nitrogen and oxygen atoms in total. The Bertz CT molecular complexity index is 460. The van der Waals surface area contributed by atoms with Crippen LogP contribution in [0.4, 0.5) is 5.82 Å². The maximum atomic E-state index is 12.6. The highest BCUT2D eigenvalue weighted by Crippen LogP contribution is 2.33. The van der Waals surface area contributed by atoms with Crippen LogP contribution in [-0.4, -0.2) is 55.2 Å². The molecule has 3 rings (SSSR count). The van der Waals surface area contributed by atoms with Crippen molar-refractivity contribution < 1.29 is 9.53 Å². The molecular formula is C15H21N3O2. The van der Waals surface area contributed by atoms with Crippen LogP contribution in [0.25, 0.3) is 0 Å². The normalized spacial score (nSPS) is 21.4. The highest BCUT2D eigenvalue weighted by molar-refractivity contribution is 5.84. The summed E-state index contributed by atoms with van der Waals surface area (Å²) in [4.78, 5) is 21.2. The number of pyridine rings is 1. The van der Waals surface area contributed by atoms with Crippen LogP contribution >= 0.6 is 0 Å². The van der Waals surface area contributed by atoms with Crippen LogP contribution in [-0.2, 0) is 9.53 Å². The Labute approximate surface area is 119 Å². The zero-order valence-electron chi connectivity index (χ0n) is 11.9. The Kier molecular flexibility index (Phi) is 3.61. The standard InChI is InChI=1S/C15H21N3O2/c1-2-15(11-20-12-15)14(19)18-9-7-17(8-10-18)13-5-3-4-6-16-13/h3-6H,2,7-12H2,1H3. The van der Waals surface area contributed by atoms with Gasteiger partial charge in [0.2, 0.25) is 5.91 Å². The number of carbonyl (C=O) groups is 1. The van der Waals surface area contributed by atoms with Gasteiger partial charge in [-0.1, -0.05) is 13.0 Å². The summed E-state index contributed by atoms with van der Waals surface area (Å²) in [5.41, 5.74) is -0.243. The number of amides is 1. The van der Waals surface area contributed by atoms with E-state index in [1.165, 1.54) is 0 Å². The van der Waals surface area contributed by atoms with Crippen molar-refractivity contribution in [2.75, 3.05) is 44.3 Å². The highest BCUT2D eigenvalue weighted by atomic mass is 16.5. The molecule has 0 atom stereocenters. The largest absolute Gasteiger partial charge is 0.379 e. The van der Waals surface area contributed by atoms with Gasteiger partial charge in [0, 0.05) is 32.4 Å². The minimum Gasteiger partial charge on any atom is -0.379 e. The van der Waals surface area contributed by atoms with Crippen molar-refractivity contribution in [1.29, 1.82) is 0 Å². The van der Waals surface area contributed by atoms with Crippen molar-refractivity contribution in [3.05, 3.63) is 24.4 Å². The average Bonchev–Trinajstić information content (AvgIpc) is 2.48. The minimum atomic E-state index is -0.243. The number of ether oxygens (including phenoxy) is 1. The number of rotatable bonds is 3. The van der Waals surface area contributed by atoms with Gasteiger partial charge in [0.1, 0.15) is 5.82 Å². The second-order valence-corrected chi connectivity index (χ2v) is 5.59. The Morgan fingerprint density at radius 1 is 1.30 bits per heavy atom. The fourth-order valence-electron chi connectivity index (χ4n) is 2.84. The van der Waals surface area contributed by atoms with E-state index in [1.807, 2.05) is 29.3 Å². The van der Waals surface area contributed by atoms with Crippen LogP contribution in [0.5, 0.6) is 0 Å². The smallest absolute Gasteiger partial charge is 0.233 e. The maximum absolute atomic E-state index is 12.6. The van der Waals surface area contributed by atoms with Gasteiger partial charge >= 0.3 is 0 Å². The van der Waals surface area contributed by atoms with Crippen LogP contribution in [0.1, 0.15) is 13.3 Å². The summed E-state index contributed by atoms with van der Waals surface area (Å²) >= 11 is 0. The third-order valence-corrected chi connectivity index (χ3v) is 4.43. The van der Waals surface area contributed by atoms with E-state index in [0.29, 0.717) is 13.2 Å². The zero-order valence-corrected chi connectivity index (χ0v) is 11.9. The number of hydrogen-bond acceptors (Lipinski definition) is 4. The lowest BCUT2D eigenvalue weighted by atomic mass is 9.81. The van der Waals surface area contributed by atoms with Gasteiger partial charge < -0.3 is 14.5 Å². The lowest BCUT2D eigenvalue weighted by Gasteiger charge is -2.45. The molecule has 108 valence electrons. The maximum Gasteiger partial charge on any atom is 0.233 e. The first-order valence-electron chi connectivity index (χ1n) is 7.28. The van der Waals surface area contributed by atoms with Gasteiger partial charge in [-0.3, -0.25) is 4.79 Å². The average molecular weight is 275 g/mol. The molecule has 1 aromatic heterocycles. The van der Waals surface area contributed by atoms with Crippen molar-refractivity contribution in [1.82, 2.24) is 9.88 Å². The molecule has 2 saturated heterocycles. The monoisotopic (exact) mass is 275 g/mol. The van der Waals surface area contributed by atoms with Crippen LogP contribution in [0.2, 0.25) is 0 Å². The molecule has 1 amide bonds. The summed E-state index contributed by atoms with van der Waals surface area (Å²) in [6, 6.07) is 5.94. The predicted molar refractivity (Wildman–Crippen MR) is 76.6 cm³/mol. The summed E-state index contributed by atoms with van der Waals surface area (Å²) < 4.78 is 5.26. The summed E-state index contributed by atoms with van der Waals surface area (Å²) in [6.45, 7) is 6.50. The SMILES string of the molecule is CCC1(C(=O)N2CCN(c3ccccn3)CC2)COC1. The van der Waals surface area contributed by atoms with Gasteiger partial charge in [-0.2, -0.15) is 0 Å². The lowest BCUT2D eigenvalue weighted by molar-refractivity contribution is -0.173. The summed E-state index contributed by atoms with van der Waals surface area (Å²) in [6.07, 6.45) is 2.68. The molecule has 0 saturated carbocycles. The molecule has 0 aromatic carbocycles. The fraction of sp³-hybridized carbons (Fsp3) is 0.600. The number of piperazine rings is 1. The first kappa shape index (κ1) is 13.4. The molecule has 2 aliphatic heterocycles. The number of nitrogens with zero attached hydrogens (tertiary/aromatic N) is 3. The summed E-state index contributed by atoms with van der Waals surface area (Å²) in [7, 11) is 0. The van der Waals surface area contributed by atoms with E-state index in [2.05, 4.69) is 16.8 Å². The molecule has 20 heavy (non-hydrogen) atoms. The second-order valence-electron chi connectivity index (χ2n) is 5.59. The first-order valence-corrected chi connectivity index (χ1v) is 7.28. The van der Waals surface area contributed by atoms with Gasteiger partial charge in [-0.25, -0.2) is 4.98 Å². The molecular weight excluding hydrogens is 254 g/mol. The third-order valence-electron chi connectivity index (χ3n) is 4.43. The highest BCUT2D eigenvalue weighted by Gasteiger charge is 2.46. The molecule has 0 spiro atoms. The Hall–Kier alpha value is -1.62. The van der Waals surface area contributed by atoms with Crippen molar-refractivity contribution >= 4 is 11.7 Å². The molecule has 1 aromatic rings. The van der Waals surface area contributed by atoms with Crippen LogP contribution in [0, 0.1) is 5.41 Å². The van der Waals surface area contributed by atoms with Crippen LogP contribution in [0.3, 0.4) is 0 Å². The topological polar surface area (TPSA) is 45.7 Å². The van der Waals surface area contributed by atoms with Gasteiger partial charge in [0.15, 0.2) is 0 Å². The Morgan fingerprint density at radius 3 is 2.55 bits per heavy atom. The molecule has 0 aliphatic carbocycles. The Morgan fingerprint density at radius 2 is 2.05 bits per heavy atom. The van der Waals surface area contributed by atoms with Gasteiger partial charge in [-0.15, -0.1) is 0 Å². The van der Waals surface area contributed by atoms with Crippen molar-refractivity contribution in [3.63, 3.8) is 0 Å². The van der Waals surface area contributed by atoms with E-state index >= 15 is 0 Å². The van der Waals surface area contributed by atoms with Crippen LogP contribution < -0.4 is 4.90 Å². The predicted octanol–water partition coefficient (Wildman–Crippen LogP) is 1.16. The van der Waals surface area contributed by atoms with E-state index in [4.69, 9.17) is 4.74 Å². The van der Waals surface area contributed by atoms with Gasteiger partial charge in [0.05, 0.1) is 18.6 Å². The van der Waals surface area contributed by atoms with E-state index in [9.17, 15) is 4.79 Å².